The molecule has 2 aliphatic heterocycles. The van der Waals surface area contributed by atoms with Gasteiger partial charge >= 0.3 is 6.09 Å². The van der Waals surface area contributed by atoms with E-state index in [0.29, 0.717) is 25.9 Å². The molecule has 0 N–H and O–H groups in total. The van der Waals surface area contributed by atoms with Crippen LogP contribution in [0.1, 0.15) is 67.9 Å². The maximum Gasteiger partial charge on any atom is 0.410 e. The molecule has 2 aromatic carbocycles. The van der Waals surface area contributed by atoms with Crippen LogP contribution in [0, 0.1) is 25.6 Å². The Labute approximate surface area is 262 Å². The summed E-state index contributed by atoms with van der Waals surface area (Å²) in [7, 11) is 0. The summed E-state index contributed by atoms with van der Waals surface area (Å²) in [6.07, 6.45) is 2.81. The largest absolute Gasteiger partial charge is 0.444 e. The molecule has 0 aliphatic carbocycles. The lowest BCUT2D eigenvalue weighted by molar-refractivity contribution is -0.145. The van der Waals surface area contributed by atoms with Crippen LogP contribution in [0.5, 0.6) is 0 Å². The molecule has 3 aromatic rings. The summed E-state index contributed by atoms with van der Waals surface area (Å²) in [5.41, 5.74) is 1.51. The summed E-state index contributed by atoms with van der Waals surface area (Å²) in [6.45, 7) is 10.8. The van der Waals surface area contributed by atoms with Crippen LogP contribution in [-0.2, 0) is 15.1 Å². The average molecular weight is 624 g/mol. The average Bonchev–Trinajstić information content (AvgIpc) is 3.46. The van der Waals surface area contributed by atoms with Crippen LogP contribution < -0.4 is 0 Å². The third-order valence-electron chi connectivity index (χ3n) is 8.58. The molecule has 234 valence electrons. The van der Waals surface area contributed by atoms with E-state index in [4.69, 9.17) is 16.3 Å². The number of nitrogens with zero attached hydrogens (tertiary/aromatic N) is 5. The molecule has 0 atom stereocenters. The maximum absolute atomic E-state index is 14.8. The lowest BCUT2D eigenvalue weighted by Crippen LogP contribution is -2.58. The fourth-order valence-corrected chi connectivity index (χ4v) is 6.33. The van der Waals surface area contributed by atoms with E-state index in [2.05, 4.69) is 10.3 Å². The molecule has 1 aromatic heterocycles. The maximum atomic E-state index is 14.8. The topological polar surface area (TPSA) is 97.6 Å². The van der Waals surface area contributed by atoms with Gasteiger partial charge < -0.3 is 14.5 Å². The number of carbonyl (C=O) groups excluding carboxylic acids is 3. The van der Waals surface area contributed by atoms with Gasteiger partial charge in [-0.25, -0.2) is 13.9 Å². The molecule has 2 amide bonds. The number of hydrogen-bond donors (Lipinski definition) is 0. The Morgan fingerprint density at radius 2 is 1.66 bits per heavy atom. The molecule has 0 saturated carbocycles. The second-order valence-corrected chi connectivity index (χ2v) is 13.4. The van der Waals surface area contributed by atoms with Crippen LogP contribution in [0.15, 0.2) is 42.6 Å². The monoisotopic (exact) mass is 623 g/mol. The van der Waals surface area contributed by atoms with Crippen LogP contribution in [0.4, 0.5) is 9.18 Å². The van der Waals surface area contributed by atoms with E-state index in [-0.39, 0.29) is 59.8 Å². The van der Waals surface area contributed by atoms with Crippen molar-refractivity contribution in [2.45, 2.75) is 71.4 Å². The summed E-state index contributed by atoms with van der Waals surface area (Å²) >= 11 is 5.94. The van der Waals surface area contributed by atoms with Crippen molar-refractivity contribution in [3.8, 4) is 11.3 Å². The Bertz CT molecular complexity index is 1570. The molecule has 44 heavy (non-hydrogen) atoms. The van der Waals surface area contributed by atoms with E-state index in [1.165, 1.54) is 16.8 Å². The van der Waals surface area contributed by atoms with Crippen molar-refractivity contribution in [2.75, 3.05) is 26.2 Å². The number of ether oxygens (including phenoxy) is 1. The Balaban J connectivity index is 1.38. The van der Waals surface area contributed by atoms with E-state index in [9.17, 15) is 18.8 Å². The number of ketones is 1. The Morgan fingerprint density at radius 3 is 2.27 bits per heavy atom. The molecule has 5 rings (SSSR count). The van der Waals surface area contributed by atoms with Gasteiger partial charge in [0.2, 0.25) is 0 Å². The molecule has 0 unspecified atom stereocenters. The van der Waals surface area contributed by atoms with E-state index >= 15 is 0 Å². The van der Waals surface area contributed by atoms with Gasteiger partial charge in [-0.2, -0.15) is 0 Å². The minimum atomic E-state index is -1.14. The van der Waals surface area contributed by atoms with Gasteiger partial charge in [-0.05, 0) is 84.1 Å². The minimum absolute atomic E-state index is 0.112. The van der Waals surface area contributed by atoms with Gasteiger partial charge in [0.05, 0.1) is 6.20 Å². The van der Waals surface area contributed by atoms with Crippen molar-refractivity contribution in [3.63, 3.8) is 0 Å². The summed E-state index contributed by atoms with van der Waals surface area (Å²) in [6, 6.07) is 10.2. The first-order valence-electron chi connectivity index (χ1n) is 15.0. The summed E-state index contributed by atoms with van der Waals surface area (Å²) < 4.78 is 21.9. The van der Waals surface area contributed by atoms with Crippen molar-refractivity contribution in [2.24, 2.45) is 5.92 Å². The van der Waals surface area contributed by atoms with Gasteiger partial charge in [0, 0.05) is 48.2 Å². The third-order valence-corrected chi connectivity index (χ3v) is 8.81. The number of likely N-dealkylation sites (tertiary alicyclic amines) is 2. The molecule has 11 heteroatoms. The molecule has 3 heterocycles. The van der Waals surface area contributed by atoms with Crippen molar-refractivity contribution in [1.29, 1.82) is 0 Å². The molecule has 9 nitrogen and oxygen atoms in total. The lowest BCUT2D eigenvalue weighted by Gasteiger charge is -2.44. The Hall–Kier alpha value is -3.79. The second kappa shape index (κ2) is 12.3. The normalized spacial score (nSPS) is 17.4. The highest BCUT2D eigenvalue weighted by atomic mass is 35.5. The van der Waals surface area contributed by atoms with Crippen LogP contribution >= 0.6 is 11.6 Å². The van der Waals surface area contributed by atoms with Crippen molar-refractivity contribution < 1.29 is 23.5 Å². The summed E-state index contributed by atoms with van der Waals surface area (Å²) in [4.78, 5) is 44.0. The molecule has 0 spiro atoms. The SMILES string of the molecule is Cc1ccc(C(=O)C2CCN(C(=O)C3(n4cc(-c5ccc(Cl)cc5F)nn4)CCN(C(=O)OC(C)(C)C)CC3)CC2)c(C)c1. The number of benzene rings is 2. The number of Topliss-reactive ketones (excluding diaryl/α,β-unsaturated/α-hetero) is 1. The number of carbonyl (C=O) groups is 3. The number of amides is 2. The van der Waals surface area contributed by atoms with Gasteiger partial charge in [0.15, 0.2) is 5.78 Å². The Kier molecular flexibility index (Phi) is 8.84. The fourth-order valence-electron chi connectivity index (χ4n) is 6.17. The molecule has 2 saturated heterocycles. The fraction of sp³-hybridized carbons (Fsp3) is 0.485. The molecule has 2 fully saturated rings. The minimum Gasteiger partial charge on any atom is -0.444 e. The predicted octanol–water partition coefficient (Wildman–Crippen LogP) is 6.20. The smallest absolute Gasteiger partial charge is 0.410 e. The van der Waals surface area contributed by atoms with Gasteiger partial charge in [-0.15, -0.1) is 5.10 Å². The van der Waals surface area contributed by atoms with Gasteiger partial charge in [-0.3, -0.25) is 9.59 Å². The third kappa shape index (κ3) is 6.50. The molecular formula is C33H39ClFN5O4. The van der Waals surface area contributed by atoms with E-state index in [1.807, 2.05) is 52.8 Å². The van der Waals surface area contributed by atoms with E-state index in [0.717, 1.165) is 16.7 Å². The highest BCUT2D eigenvalue weighted by Gasteiger charge is 2.48. The summed E-state index contributed by atoms with van der Waals surface area (Å²) in [5.74, 6) is -0.746. The zero-order chi connectivity index (χ0) is 31.8. The zero-order valence-electron chi connectivity index (χ0n) is 25.9. The summed E-state index contributed by atoms with van der Waals surface area (Å²) in [5, 5.41) is 8.81. The zero-order valence-corrected chi connectivity index (χ0v) is 26.7. The van der Waals surface area contributed by atoms with Gasteiger partial charge in [0.1, 0.15) is 22.7 Å². The highest BCUT2D eigenvalue weighted by Crippen LogP contribution is 2.36. The highest BCUT2D eigenvalue weighted by molar-refractivity contribution is 6.30. The number of halogens is 2. The first-order chi connectivity index (χ1) is 20.8. The number of aryl methyl sites for hydroxylation is 2. The van der Waals surface area contributed by atoms with Gasteiger partial charge in [-0.1, -0.05) is 40.6 Å². The second-order valence-electron chi connectivity index (χ2n) is 12.9. The van der Waals surface area contributed by atoms with Crippen molar-refractivity contribution in [1.82, 2.24) is 24.8 Å². The predicted molar refractivity (Wildman–Crippen MR) is 165 cm³/mol. The number of piperidine rings is 2. The van der Waals surface area contributed by atoms with E-state index < -0.39 is 23.1 Å². The van der Waals surface area contributed by atoms with Gasteiger partial charge in [0.25, 0.3) is 5.91 Å². The number of hydrogen-bond acceptors (Lipinski definition) is 6. The first-order valence-corrected chi connectivity index (χ1v) is 15.4. The first kappa shape index (κ1) is 31.6. The van der Waals surface area contributed by atoms with Crippen LogP contribution in [-0.4, -0.2) is 74.4 Å². The quantitative estimate of drug-likeness (QED) is 0.314. The lowest BCUT2D eigenvalue weighted by atomic mass is 9.83. The van der Waals surface area contributed by atoms with Crippen LogP contribution in [0.2, 0.25) is 5.02 Å². The standard InChI is InChI=1S/C33H39ClFN5O4/c1-21-6-8-25(22(2)18-21)29(41)23-10-14-38(15-11-23)30(42)33(12-16-39(17-13-33)31(43)44-32(3,4)5)40-20-28(36-37-40)26-9-7-24(34)19-27(26)35/h6-9,18-20,23H,10-17H2,1-5H3. The van der Waals surface area contributed by atoms with Crippen LogP contribution in [0.25, 0.3) is 11.3 Å². The molecule has 2 aliphatic rings. The Morgan fingerprint density at radius 1 is 0.977 bits per heavy atom. The number of rotatable bonds is 5. The van der Waals surface area contributed by atoms with Crippen molar-refractivity contribution >= 4 is 29.4 Å². The van der Waals surface area contributed by atoms with Crippen molar-refractivity contribution in [3.05, 3.63) is 70.1 Å². The molecular weight excluding hydrogens is 585 g/mol. The van der Waals surface area contributed by atoms with E-state index in [1.54, 1.807) is 22.1 Å². The number of aromatic nitrogens is 3. The molecule has 0 radical (unpaired) electrons. The molecule has 0 bridgehead atoms. The van der Waals surface area contributed by atoms with Crippen LogP contribution in [0.3, 0.4) is 0 Å².